The van der Waals surface area contributed by atoms with Gasteiger partial charge in [-0.3, -0.25) is 14.7 Å². The van der Waals surface area contributed by atoms with Gasteiger partial charge in [-0.25, -0.2) is 9.97 Å². The smallest absolute Gasteiger partial charge is 0.233 e. The summed E-state index contributed by atoms with van der Waals surface area (Å²) >= 11 is 3.06. The number of pyridine rings is 1. The molecule has 1 fully saturated rings. The van der Waals surface area contributed by atoms with E-state index < -0.39 is 0 Å². The maximum Gasteiger partial charge on any atom is 0.233 e. The molecule has 4 rings (SSSR count). The number of thiophene rings is 1. The fraction of sp³-hybridized carbons (Fsp3) is 0.364. The maximum absolute atomic E-state index is 12.8. The Morgan fingerprint density at radius 1 is 1.10 bits per heavy atom. The fourth-order valence-electron chi connectivity index (χ4n) is 3.48. The molecule has 0 aromatic carbocycles. The summed E-state index contributed by atoms with van der Waals surface area (Å²) in [7, 11) is 0. The lowest BCUT2D eigenvalue weighted by Gasteiger charge is -2.21. The van der Waals surface area contributed by atoms with Crippen LogP contribution in [0, 0.1) is 6.92 Å². The van der Waals surface area contributed by atoms with E-state index in [-0.39, 0.29) is 5.91 Å². The van der Waals surface area contributed by atoms with Gasteiger partial charge in [0.1, 0.15) is 0 Å². The van der Waals surface area contributed by atoms with Gasteiger partial charge in [-0.15, -0.1) is 11.3 Å². The molecule has 30 heavy (non-hydrogen) atoms. The summed E-state index contributed by atoms with van der Waals surface area (Å²) in [5.74, 6) is 0.522. The zero-order valence-corrected chi connectivity index (χ0v) is 18.7. The molecule has 4 heterocycles. The van der Waals surface area contributed by atoms with E-state index in [1.165, 1.54) is 11.8 Å². The van der Waals surface area contributed by atoms with E-state index in [1.807, 2.05) is 41.5 Å². The van der Waals surface area contributed by atoms with Crippen molar-refractivity contribution in [1.82, 2.24) is 24.8 Å². The van der Waals surface area contributed by atoms with Crippen molar-refractivity contribution in [3.63, 3.8) is 0 Å². The second kappa shape index (κ2) is 10.1. The van der Waals surface area contributed by atoms with E-state index in [0.29, 0.717) is 10.9 Å². The van der Waals surface area contributed by atoms with Gasteiger partial charge in [0, 0.05) is 44.6 Å². The molecule has 0 atom stereocenters. The lowest BCUT2D eigenvalue weighted by atomic mass is 10.3. The Hall–Kier alpha value is -2.29. The molecule has 1 amide bonds. The highest BCUT2D eigenvalue weighted by atomic mass is 32.2. The first-order valence-corrected chi connectivity index (χ1v) is 12.0. The number of amides is 1. The normalized spacial score (nSPS) is 15.2. The van der Waals surface area contributed by atoms with Crippen LogP contribution in [0.25, 0.3) is 10.6 Å². The first kappa shape index (κ1) is 21.0. The number of carbonyl (C=O) groups is 1. The van der Waals surface area contributed by atoms with Crippen molar-refractivity contribution in [3.8, 4) is 10.6 Å². The zero-order chi connectivity index (χ0) is 20.8. The van der Waals surface area contributed by atoms with Crippen LogP contribution in [-0.4, -0.2) is 62.6 Å². The SMILES string of the molecule is Cc1cccc(CN2CCCN(C(=O)CSc3nccc(-c4cccs4)n3)CC2)n1. The molecule has 1 aliphatic rings. The third kappa shape index (κ3) is 5.65. The summed E-state index contributed by atoms with van der Waals surface area (Å²) < 4.78 is 0. The Labute approximate surface area is 185 Å². The highest BCUT2D eigenvalue weighted by Gasteiger charge is 2.20. The average molecular weight is 440 g/mol. The van der Waals surface area contributed by atoms with Crippen LogP contribution >= 0.6 is 23.1 Å². The Kier molecular flexibility index (Phi) is 7.09. The molecule has 1 saturated heterocycles. The van der Waals surface area contributed by atoms with Gasteiger partial charge in [-0.05, 0) is 43.0 Å². The van der Waals surface area contributed by atoms with Crippen LogP contribution in [0.15, 0.2) is 53.1 Å². The minimum absolute atomic E-state index is 0.153. The van der Waals surface area contributed by atoms with Crippen molar-refractivity contribution in [3.05, 3.63) is 59.4 Å². The molecule has 8 heteroatoms. The Morgan fingerprint density at radius 2 is 2.03 bits per heavy atom. The second-order valence-electron chi connectivity index (χ2n) is 7.27. The predicted octanol–water partition coefficient (Wildman–Crippen LogP) is 3.74. The lowest BCUT2D eigenvalue weighted by Crippen LogP contribution is -2.36. The lowest BCUT2D eigenvalue weighted by molar-refractivity contribution is -0.128. The van der Waals surface area contributed by atoms with E-state index in [2.05, 4.69) is 32.0 Å². The molecular weight excluding hydrogens is 414 g/mol. The summed E-state index contributed by atoms with van der Waals surface area (Å²) in [6, 6.07) is 12.1. The summed E-state index contributed by atoms with van der Waals surface area (Å²) in [4.78, 5) is 31.8. The van der Waals surface area contributed by atoms with Gasteiger partial charge in [0.2, 0.25) is 5.91 Å². The molecule has 0 unspecified atom stereocenters. The summed E-state index contributed by atoms with van der Waals surface area (Å²) in [6.07, 6.45) is 2.74. The molecule has 3 aromatic rings. The van der Waals surface area contributed by atoms with Gasteiger partial charge in [-0.2, -0.15) is 0 Å². The van der Waals surface area contributed by atoms with Crippen LogP contribution in [0.3, 0.4) is 0 Å². The van der Waals surface area contributed by atoms with Crippen molar-refractivity contribution in [2.24, 2.45) is 0 Å². The van der Waals surface area contributed by atoms with Crippen LogP contribution in [0.2, 0.25) is 0 Å². The molecule has 0 saturated carbocycles. The van der Waals surface area contributed by atoms with Crippen LogP contribution in [-0.2, 0) is 11.3 Å². The van der Waals surface area contributed by atoms with Crippen molar-refractivity contribution in [2.75, 3.05) is 31.9 Å². The highest BCUT2D eigenvalue weighted by Crippen LogP contribution is 2.24. The third-order valence-electron chi connectivity index (χ3n) is 5.00. The van der Waals surface area contributed by atoms with Gasteiger partial charge in [0.15, 0.2) is 5.16 Å². The van der Waals surface area contributed by atoms with E-state index in [1.54, 1.807) is 17.5 Å². The van der Waals surface area contributed by atoms with E-state index in [9.17, 15) is 4.79 Å². The van der Waals surface area contributed by atoms with E-state index in [0.717, 1.165) is 61.1 Å². The van der Waals surface area contributed by atoms with E-state index in [4.69, 9.17) is 0 Å². The molecule has 0 bridgehead atoms. The number of nitrogens with zero attached hydrogens (tertiary/aromatic N) is 5. The summed E-state index contributed by atoms with van der Waals surface area (Å²) in [5, 5.41) is 2.68. The number of thioether (sulfide) groups is 1. The average Bonchev–Trinajstić information content (AvgIpc) is 3.20. The van der Waals surface area contributed by atoms with Crippen LogP contribution in [0.1, 0.15) is 17.8 Å². The molecule has 156 valence electrons. The number of carbonyl (C=O) groups excluding carboxylic acids is 1. The molecule has 1 aliphatic heterocycles. The third-order valence-corrected chi connectivity index (χ3v) is 6.74. The maximum atomic E-state index is 12.8. The number of rotatable bonds is 6. The Morgan fingerprint density at radius 3 is 2.87 bits per heavy atom. The minimum Gasteiger partial charge on any atom is -0.341 e. The number of hydrogen-bond acceptors (Lipinski definition) is 7. The molecule has 0 radical (unpaired) electrons. The number of aryl methyl sites for hydroxylation is 1. The number of aromatic nitrogens is 3. The topological polar surface area (TPSA) is 62.2 Å². The molecule has 0 aliphatic carbocycles. The summed E-state index contributed by atoms with van der Waals surface area (Å²) in [5.41, 5.74) is 3.04. The molecule has 6 nitrogen and oxygen atoms in total. The fourth-order valence-corrected chi connectivity index (χ4v) is 4.91. The molecule has 0 spiro atoms. The first-order valence-electron chi connectivity index (χ1n) is 10.1. The van der Waals surface area contributed by atoms with Crippen molar-refractivity contribution >= 4 is 29.0 Å². The van der Waals surface area contributed by atoms with Crippen LogP contribution < -0.4 is 0 Å². The van der Waals surface area contributed by atoms with E-state index >= 15 is 0 Å². The van der Waals surface area contributed by atoms with Crippen molar-refractivity contribution in [2.45, 2.75) is 25.0 Å². The van der Waals surface area contributed by atoms with Gasteiger partial charge in [-0.1, -0.05) is 23.9 Å². The van der Waals surface area contributed by atoms with Crippen molar-refractivity contribution in [1.29, 1.82) is 0 Å². The summed E-state index contributed by atoms with van der Waals surface area (Å²) in [6.45, 7) is 6.26. The molecule has 0 N–H and O–H groups in total. The zero-order valence-electron chi connectivity index (χ0n) is 17.0. The first-order chi connectivity index (χ1) is 14.7. The monoisotopic (exact) mass is 439 g/mol. The molecular formula is C22H25N5OS2. The highest BCUT2D eigenvalue weighted by molar-refractivity contribution is 7.99. The van der Waals surface area contributed by atoms with Gasteiger partial charge in [0.05, 0.1) is 22.0 Å². The Bertz CT molecular complexity index is 979. The minimum atomic E-state index is 0.153. The van der Waals surface area contributed by atoms with Crippen LogP contribution in [0.5, 0.6) is 0 Å². The second-order valence-corrected chi connectivity index (χ2v) is 9.16. The number of hydrogen-bond donors (Lipinski definition) is 0. The predicted molar refractivity (Wildman–Crippen MR) is 122 cm³/mol. The van der Waals surface area contributed by atoms with Crippen molar-refractivity contribution < 1.29 is 4.79 Å². The van der Waals surface area contributed by atoms with Gasteiger partial charge in [0.25, 0.3) is 0 Å². The van der Waals surface area contributed by atoms with Gasteiger partial charge < -0.3 is 4.90 Å². The van der Waals surface area contributed by atoms with Gasteiger partial charge >= 0.3 is 0 Å². The molecule has 3 aromatic heterocycles. The largest absolute Gasteiger partial charge is 0.341 e. The quantitative estimate of drug-likeness (QED) is 0.431. The Balaban J connectivity index is 1.28. The standard InChI is InChI=1S/C22H25N5OS2/c1-17-5-2-6-18(24-17)15-26-10-4-11-27(13-12-26)21(28)16-30-22-23-9-8-19(25-22)20-7-3-14-29-20/h2-3,5-9,14H,4,10-13,15-16H2,1H3. The van der Waals surface area contributed by atoms with Crippen LogP contribution in [0.4, 0.5) is 0 Å².